The average Bonchev–Trinajstić information content (AvgIpc) is 2.69. The topological polar surface area (TPSA) is 41.6 Å². The van der Waals surface area contributed by atoms with Crippen molar-refractivity contribution < 1.29 is 9.08 Å². The van der Waals surface area contributed by atoms with Gasteiger partial charge in [-0.2, -0.15) is 4.28 Å². The Labute approximate surface area is 111 Å². The number of amides is 1. The number of carbonyl (C=O) groups excluding carboxylic acids is 1. The van der Waals surface area contributed by atoms with Crippen LogP contribution in [-0.4, -0.2) is 18.5 Å². The Kier molecular flexibility index (Phi) is 3.93. The Morgan fingerprint density at radius 2 is 2.22 bits per heavy atom. The smallest absolute Gasteiger partial charge is 0.207 e. The maximum atomic E-state index is 10.3. The van der Waals surface area contributed by atoms with E-state index in [-0.39, 0.29) is 0 Å². The molecule has 1 aromatic rings. The van der Waals surface area contributed by atoms with Gasteiger partial charge >= 0.3 is 0 Å². The van der Waals surface area contributed by atoms with Crippen molar-refractivity contribution >= 4 is 23.4 Å². The highest BCUT2D eigenvalue weighted by atomic mass is 32.2. The molecule has 0 saturated heterocycles. The van der Waals surface area contributed by atoms with E-state index in [1.165, 1.54) is 12.0 Å². The lowest BCUT2D eigenvalue weighted by Crippen LogP contribution is -2.10. The molecule has 0 radical (unpaired) electrons. The summed E-state index contributed by atoms with van der Waals surface area (Å²) in [6, 6.07) is 6.22. The number of benzene rings is 1. The maximum Gasteiger partial charge on any atom is 0.207 e. The second-order valence-corrected chi connectivity index (χ2v) is 4.93. The van der Waals surface area contributed by atoms with Gasteiger partial charge in [-0.05, 0) is 30.5 Å². The molecular formula is C13H16N2O2S. The summed E-state index contributed by atoms with van der Waals surface area (Å²) in [7, 11) is 1.89. The Hall–Kier alpha value is -1.46. The molecule has 4 nitrogen and oxygen atoms in total. The lowest BCUT2D eigenvalue weighted by Gasteiger charge is -2.09. The Balaban J connectivity index is 2.26. The van der Waals surface area contributed by atoms with Crippen LogP contribution in [-0.2, 0) is 15.6 Å². The first-order valence-corrected chi connectivity index (χ1v) is 6.44. The van der Waals surface area contributed by atoms with Crippen molar-refractivity contribution in [2.45, 2.75) is 20.4 Å². The molecule has 0 spiro atoms. The van der Waals surface area contributed by atoms with Crippen molar-refractivity contribution in [1.82, 2.24) is 10.4 Å². The molecule has 2 rings (SSSR count). The van der Waals surface area contributed by atoms with Gasteiger partial charge in [0.25, 0.3) is 0 Å². The van der Waals surface area contributed by atoms with Crippen LogP contribution < -0.4 is 5.32 Å². The first kappa shape index (κ1) is 13.0. The Morgan fingerprint density at radius 1 is 1.44 bits per heavy atom. The molecule has 0 unspecified atom stereocenters. The van der Waals surface area contributed by atoms with Gasteiger partial charge in [-0.25, -0.2) is 5.06 Å². The predicted octanol–water partition coefficient (Wildman–Crippen LogP) is 2.45. The quantitative estimate of drug-likeness (QED) is 0.670. The van der Waals surface area contributed by atoms with Crippen molar-refractivity contribution in [3.63, 3.8) is 0 Å². The van der Waals surface area contributed by atoms with Crippen LogP contribution in [0.4, 0.5) is 0 Å². The van der Waals surface area contributed by atoms with Crippen molar-refractivity contribution in [2.24, 2.45) is 0 Å². The van der Waals surface area contributed by atoms with Crippen molar-refractivity contribution in [3.8, 4) is 0 Å². The second-order valence-electron chi connectivity index (χ2n) is 4.21. The number of carbonyl (C=O) groups is 1. The molecule has 1 heterocycles. The Bertz CT molecular complexity index is 500. The van der Waals surface area contributed by atoms with E-state index in [1.807, 2.05) is 27.0 Å². The van der Waals surface area contributed by atoms with E-state index in [0.29, 0.717) is 6.54 Å². The molecule has 0 atom stereocenters. The van der Waals surface area contributed by atoms with Gasteiger partial charge in [0.2, 0.25) is 6.41 Å². The fourth-order valence-corrected chi connectivity index (χ4v) is 2.57. The van der Waals surface area contributed by atoms with Crippen LogP contribution >= 0.6 is 12.0 Å². The SMILES string of the molecule is CC1=C(c2ccc(CNC=O)c(C)c2)SON1C. The standard InChI is InChI=1S/C13H16N2O2S/c1-9-6-11(4-5-12(9)7-14-8-16)13-10(2)15(3)17-18-13/h4-6,8H,7H2,1-3H3,(H,14,16). The van der Waals surface area contributed by atoms with E-state index >= 15 is 0 Å². The highest BCUT2D eigenvalue weighted by molar-refractivity contribution is 8.04. The zero-order valence-electron chi connectivity index (χ0n) is 10.7. The van der Waals surface area contributed by atoms with Gasteiger partial charge in [0.15, 0.2) is 0 Å². The van der Waals surface area contributed by atoms with Crippen LogP contribution in [0.25, 0.3) is 4.91 Å². The molecule has 18 heavy (non-hydrogen) atoms. The van der Waals surface area contributed by atoms with Crippen LogP contribution in [0.3, 0.4) is 0 Å². The first-order chi connectivity index (χ1) is 8.63. The number of hydrogen-bond acceptors (Lipinski definition) is 4. The van der Waals surface area contributed by atoms with Gasteiger partial charge in [-0.3, -0.25) is 4.79 Å². The Morgan fingerprint density at radius 3 is 2.78 bits per heavy atom. The van der Waals surface area contributed by atoms with Gasteiger partial charge in [-0.1, -0.05) is 18.2 Å². The van der Waals surface area contributed by atoms with Crippen molar-refractivity contribution in [3.05, 3.63) is 40.6 Å². The number of hydrogen-bond donors (Lipinski definition) is 1. The molecule has 0 aromatic heterocycles. The van der Waals surface area contributed by atoms with E-state index in [2.05, 4.69) is 17.4 Å². The van der Waals surface area contributed by atoms with Gasteiger partial charge in [0, 0.05) is 13.6 Å². The van der Waals surface area contributed by atoms with E-state index in [1.54, 1.807) is 5.06 Å². The number of hydroxylamine groups is 2. The summed E-state index contributed by atoms with van der Waals surface area (Å²) in [5.74, 6) is 0. The monoisotopic (exact) mass is 264 g/mol. The van der Waals surface area contributed by atoms with E-state index < -0.39 is 0 Å². The van der Waals surface area contributed by atoms with Gasteiger partial charge in [0.1, 0.15) is 0 Å². The average molecular weight is 264 g/mol. The lowest BCUT2D eigenvalue weighted by molar-refractivity contribution is -0.109. The largest absolute Gasteiger partial charge is 0.355 e. The molecule has 1 amide bonds. The first-order valence-electron chi connectivity index (χ1n) is 5.69. The maximum absolute atomic E-state index is 10.3. The molecule has 1 N–H and O–H groups in total. The molecule has 1 aliphatic heterocycles. The summed E-state index contributed by atoms with van der Waals surface area (Å²) in [4.78, 5) is 11.4. The minimum Gasteiger partial charge on any atom is -0.355 e. The van der Waals surface area contributed by atoms with E-state index in [9.17, 15) is 4.79 Å². The molecule has 0 saturated carbocycles. The molecule has 0 bridgehead atoms. The van der Waals surface area contributed by atoms with Crippen LogP contribution in [0.2, 0.25) is 0 Å². The number of nitrogens with zero attached hydrogens (tertiary/aromatic N) is 1. The fourth-order valence-electron chi connectivity index (χ4n) is 1.80. The van der Waals surface area contributed by atoms with Crippen molar-refractivity contribution in [2.75, 3.05) is 7.05 Å². The zero-order valence-corrected chi connectivity index (χ0v) is 11.5. The fraction of sp³-hybridized carbons (Fsp3) is 0.308. The van der Waals surface area contributed by atoms with Crippen LogP contribution in [0.1, 0.15) is 23.6 Å². The van der Waals surface area contributed by atoms with E-state index in [4.69, 9.17) is 4.28 Å². The summed E-state index contributed by atoms with van der Waals surface area (Å²) >= 11 is 1.38. The summed E-state index contributed by atoms with van der Waals surface area (Å²) in [5, 5.41) is 4.44. The molecule has 0 fully saturated rings. The number of nitrogens with one attached hydrogen (secondary N) is 1. The third-order valence-electron chi connectivity index (χ3n) is 3.01. The molecule has 96 valence electrons. The van der Waals surface area contributed by atoms with Gasteiger partial charge < -0.3 is 5.32 Å². The van der Waals surface area contributed by atoms with Crippen LogP contribution in [0.15, 0.2) is 23.9 Å². The third-order valence-corrected chi connectivity index (χ3v) is 4.01. The summed E-state index contributed by atoms with van der Waals surface area (Å²) in [6.45, 7) is 4.65. The van der Waals surface area contributed by atoms with Crippen molar-refractivity contribution in [1.29, 1.82) is 0 Å². The number of aryl methyl sites for hydroxylation is 1. The number of rotatable bonds is 4. The normalized spacial score (nSPS) is 15.2. The van der Waals surface area contributed by atoms with Gasteiger partial charge in [0.05, 0.1) is 22.6 Å². The summed E-state index contributed by atoms with van der Waals surface area (Å²) in [5.41, 5.74) is 4.55. The summed E-state index contributed by atoms with van der Waals surface area (Å²) in [6.07, 6.45) is 0.718. The van der Waals surface area contributed by atoms with E-state index in [0.717, 1.165) is 33.7 Å². The molecule has 1 aromatic carbocycles. The van der Waals surface area contributed by atoms with Crippen LogP contribution in [0.5, 0.6) is 0 Å². The molecule has 0 aliphatic carbocycles. The second kappa shape index (κ2) is 5.46. The zero-order chi connectivity index (χ0) is 13.1. The minimum absolute atomic E-state index is 0.567. The predicted molar refractivity (Wildman–Crippen MR) is 73.1 cm³/mol. The van der Waals surface area contributed by atoms with Gasteiger partial charge in [-0.15, -0.1) is 0 Å². The lowest BCUT2D eigenvalue weighted by atomic mass is 10.0. The highest BCUT2D eigenvalue weighted by Gasteiger charge is 2.20. The molecular weight excluding hydrogens is 248 g/mol. The number of allylic oxidation sites excluding steroid dienone is 1. The summed E-state index contributed by atoms with van der Waals surface area (Å²) < 4.78 is 5.38. The van der Waals surface area contributed by atoms with Crippen LogP contribution in [0, 0.1) is 6.92 Å². The third kappa shape index (κ3) is 2.52. The highest BCUT2D eigenvalue weighted by Crippen LogP contribution is 2.39. The minimum atomic E-state index is 0.567. The molecule has 1 aliphatic rings. The molecule has 5 heteroatoms.